The van der Waals surface area contributed by atoms with Crippen molar-refractivity contribution in [2.45, 2.75) is 45.4 Å². The van der Waals surface area contributed by atoms with Gasteiger partial charge in [-0.2, -0.15) is 0 Å². The molecule has 0 saturated carbocycles. The van der Waals surface area contributed by atoms with E-state index in [4.69, 9.17) is 9.84 Å². The van der Waals surface area contributed by atoms with Gasteiger partial charge in [-0.3, -0.25) is 9.88 Å². The first-order chi connectivity index (χ1) is 9.17. The number of aromatic carboxylic acids is 1. The topological polar surface area (TPSA) is 62.7 Å². The Kier molecular flexibility index (Phi) is 3.84. The molecule has 0 aromatic carbocycles. The number of rotatable bonds is 3. The molecule has 0 aliphatic carbocycles. The first kappa shape index (κ1) is 14.9. The highest BCUT2D eigenvalue weighted by Gasteiger charge is 2.37. The number of hydrogen-bond donors (Lipinski definition) is 1. The average Bonchev–Trinajstić information content (AvgIpc) is 2.25. The highest BCUT2D eigenvalue weighted by molar-refractivity contribution is 5.87. The van der Waals surface area contributed by atoms with E-state index in [2.05, 4.69) is 37.6 Å². The molecule has 0 atom stereocenters. The summed E-state index contributed by atoms with van der Waals surface area (Å²) in [6, 6.07) is 3.38. The Morgan fingerprint density at radius 2 is 1.90 bits per heavy atom. The van der Waals surface area contributed by atoms with Crippen LogP contribution in [-0.2, 0) is 11.3 Å². The van der Waals surface area contributed by atoms with E-state index in [1.165, 1.54) is 6.20 Å². The Morgan fingerprint density at radius 3 is 2.35 bits per heavy atom. The molecule has 2 heterocycles. The molecule has 20 heavy (non-hydrogen) atoms. The zero-order valence-electron chi connectivity index (χ0n) is 12.5. The van der Waals surface area contributed by atoms with Crippen LogP contribution in [0.3, 0.4) is 0 Å². The van der Waals surface area contributed by atoms with Gasteiger partial charge < -0.3 is 9.84 Å². The maximum atomic E-state index is 10.8. The van der Waals surface area contributed by atoms with Crippen LogP contribution in [0.5, 0.6) is 0 Å². The van der Waals surface area contributed by atoms with E-state index in [-0.39, 0.29) is 16.8 Å². The van der Waals surface area contributed by atoms with Crippen molar-refractivity contribution in [1.29, 1.82) is 0 Å². The molecule has 1 aromatic rings. The molecule has 1 aromatic heterocycles. The molecular formula is C15H22N2O3. The zero-order valence-corrected chi connectivity index (χ0v) is 12.5. The van der Waals surface area contributed by atoms with Crippen molar-refractivity contribution in [3.05, 3.63) is 29.6 Å². The largest absolute Gasteiger partial charge is 0.478 e. The lowest BCUT2D eigenvalue weighted by atomic mass is 9.99. The molecule has 1 fully saturated rings. The lowest BCUT2D eigenvalue weighted by Crippen LogP contribution is -2.56. The van der Waals surface area contributed by atoms with E-state index < -0.39 is 5.97 Å². The summed E-state index contributed by atoms with van der Waals surface area (Å²) in [6.45, 7) is 10.7. The van der Waals surface area contributed by atoms with Gasteiger partial charge in [0.2, 0.25) is 0 Å². The van der Waals surface area contributed by atoms with Crippen molar-refractivity contribution in [3.8, 4) is 0 Å². The number of pyridine rings is 1. The van der Waals surface area contributed by atoms with E-state index in [1.807, 2.05) is 0 Å². The first-order valence-corrected chi connectivity index (χ1v) is 6.78. The van der Waals surface area contributed by atoms with Gasteiger partial charge >= 0.3 is 5.97 Å². The molecule has 1 aliphatic heterocycles. The number of morpholine rings is 1. The second-order valence-corrected chi connectivity index (χ2v) is 6.61. The lowest BCUT2D eigenvalue weighted by Gasteiger charge is -2.47. The van der Waals surface area contributed by atoms with Crippen molar-refractivity contribution in [2.24, 2.45) is 0 Å². The Morgan fingerprint density at radius 1 is 1.30 bits per heavy atom. The molecule has 5 heteroatoms. The number of hydrogen-bond acceptors (Lipinski definition) is 4. The maximum absolute atomic E-state index is 10.8. The quantitative estimate of drug-likeness (QED) is 0.918. The molecule has 1 aliphatic rings. The third kappa shape index (κ3) is 3.77. The number of carboxylic acids is 1. The van der Waals surface area contributed by atoms with Crippen LogP contribution in [-0.4, -0.2) is 45.3 Å². The summed E-state index contributed by atoms with van der Waals surface area (Å²) in [5.41, 5.74) is 0.714. The van der Waals surface area contributed by atoms with Gasteiger partial charge in [0.1, 0.15) is 0 Å². The molecular weight excluding hydrogens is 256 g/mol. The van der Waals surface area contributed by atoms with Gasteiger partial charge in [-0.25, -0.2) is 4.79 Å². The third-order valence-electron chi connectivity index (χ3n) is 3.22. The average molecular weight is 278 g/mol. The number of carboxylic acid groups (broad SMARTS) is 1. The van der Waals surface area contributed by atoms with E-state index in [0.717, 1.165) is 18.8 Å². The van der Waals surface area contributed by atoms with Crippen molar-refractivity contribution in [1.82, 2.24) is 9.88 Å². The first-order valence-electron chi connectivity index (χ1n) is 6.78. The van der Waals surface area contributed by atoms with Gasteiger partial charge in [-0.15, -0.1) is 0 Å². The predicted octanol–water partition coefficient (Wildman–Crippen LogP) is 2.17. The fraction of sp³-hybridized carbons (Fsp3) is 0.600. The molecule has 0 bridgehead atoms. The number of aromatic nitrogens is 1. The van der Waals surface area contributed by atoms with Gasteiger partial charge in [-0.1, -0.05) is 0 Å². The number of nitrogens with zero attached hydrogens (tertiary/aromatic N) is 2. The summed E-state index contributed by atoms with van der Waals surface area (Å²) in [5.74, 6) is -0.947. The Bertz CT molecular complexity index is 478. The van der Waals surface area contributed by atoms with Gasteiger partial charge in [-0.05, 0) is 39.8 Å². The second-order valence-electron chi connectivity index (χ2n) is 6.61. The number of carbonyl (C=O) groups is 1. The van der Waals surface area contributed by atoms with Crippen LogP contribution in [0.1, 0.15) is 43.7 Å². The molecule has 5 nitrogen and oxygen atoms in total. The third-order valence-corrected chi connectivity index (χ3v) is 3.22. The minimum atomic E-state index is -0.947. The second kappa shape index (κ2) is 5.14. The van der Waals surface area contributed by atoms with Crippen molar-refractivity contribution >= 4 is 5.97 Å². The van der Waals surface area contributed by atoms with Crippen LogP contribution in [0.4, 0.5) is 0 Å². The fourth-order valence-electron chi connectivity index (χ4n) is 2.93. The van der Waals surface area contributed by atoms with Crippen molar-refractivity contribution < 1.29 is 14.6 Å². The lowest BCUT2D eigenvalue weighted by molar-refractivity contribution is -0.182. The maximum Gasteiger partial charge on any atom is 0.337 e. The van der Waals surface area contributed by atoms with Gasteiger partial charge in [0.15, 0.2) is 0 Å². The Labute approximate surface area is 119 Å². The van der Waals surface area contributed by atoms with E-state index >= 15 is 0 Å². The molecule has 0 amide bonds. The van der Waals surface area contributed by atoms with Crippen LogP contribution in [0.25, 0.3) is 0 Å². The Balaban J connectivity index is 2.07. The highest BCUT2D eigenvalue weighted by Crippen LogP contribution is 2.28. The molecule has 0 radical (unpaired) electrons. The highest BCUT2D eigenvalue weighted by atomic mass is 16.5. The molecule has 1 N–H and O–H groups in total. The summed E-state index contributed by atoms with van der Waals surface area (Å²) >= 11 is 0. The summed E-state index contributed by atoms with van der Waals surface area (Å²) in [5, 5.41) is 8.87. The molecule has 110 valence electrons. The fourth-order valence-corrected chi connectivity index (χ4v) is 2.93. The van der Waals surface area contributed by atoms with E-state index in [1.54, 1.807) is 12.1 Å². The smallest absolute Gasteiger partial charge is 0.337 e. The van der Waals surface area contributed by atoms with Crippen LogP contribution in [0.15, 0.2) is 18.3 Å². The molecule has 0 unspecified atom stereocenters. The normalized spacial score (nSPS) is 21.6. The summed E-state index contributed by atoms with van der Waals surface area (Å²) < 4.78 is 6.04. The summed E-state index contributed by atoms with van der Waals surface area (Å²) in [6.07, 6.45) is 1.41. The zero-order chi connectivity index (χ0) is 15.0. The molecule has 1 saturated heterocycles. The van der Waals surface area contributed by atoms with Gasteiger partial charge in [0.25, 0.3) is 0 Å². The standard InChI is InChI=1S/C15H22N2O3/c1-14(2)9-17(10-15(3,4)20-14)8-12-6-5-11(7-16-12)13(18)19/h5-7H,8-10H2,1-4H3,(H,18,19). The van der Waals surface area contributed by atoms with E-state index in [9.17, 15) is 4.79 Å². The van der Waals surface area contributed by atoms with Crippen LogP contribution < -0.4 is 0 Å². The van der Waals surface area contributed by atoms with Gasteiger partial charge in [0, 0.05) is 25.8 Å². The molecule has 2 rings (SSSR count). The van der Waals surface area contributed by atoms with Crippen molar-refractivity contribution in [3.63, 3.8) is 0 Å². The predicted molar refractivity (Wildman–Crippen MR) is 75.7 cm³/mol. The monoisotopic (exact) mass is 278 g/mol. The van der Waals surface area contributed by atoms with Crippen LogP contribution in [0, 0.1) is 0 Å². The van der Waals surface area contributed by atoms with Crippen molar-refractivity contribution in [2.75, 3.05) is 13.1 Å². The van der Waals surface area contributed by atoms with Crippen LogP contribution >= 0.6 is 0 Å². The minimum absolute atomic E-state index is 0.192. The van der Waals surface area contributed by atoms with E-state index in [0.29, 0.717) is 6.54 Å². The van der Waals surface area contributed by atoms with Crippen LogP contribution in [0.2, 0.25) is 0 Å². The minimum Gasteiger partial charge on any atom is -0.478 e. The summed E-state index contributed by atoms with van der Waals surface area (Å²) in [4.78, 5) is 17.3. The Hall–Kier alpha value is -1.46. The molecule has 0 spiro atoms. The number of ether oxygens (including phenoxy) is 1. The van der Waals surface area contributed by atoms with Gasteiger partial charge in [0.05, 0.1) is 22.5 Å². The summed E-state index contributed by atoms with van der Waals surface area (Å²) in [7, 11) is 0. The SMILES string of the molecule is CC1(C)CN(Cc2ccc(C(=O)O)cn2)CC(C)(C)O1.